The number of aryl methyl sites for hydroxylation is 1. The van der Waals surface area contributed by atoms with Gasteiger partial charge in [0.05, 0.1) is 10.9 Å². The van der Waals surface area contributed by atoms with Crippen molar-refractivity contribution in [1.29, 1.82) is 0 Å². The Bertz CT molecular complexity index is 856. The Morgan fingerprint density at radius 2 is 1.86 bits per heavy atom. The molecule has 0 aromatic heterocycles. The van der Waals surface area contributed by atoms with Crippen LogP contribution < -0.4 is 0 Å². The van der Waals surface area contributed by atoms with Crippen molar-refractivity contribution in [2.75, 3.05) is 39.3 Å². The van der Waals surface area contributed by atoms with Crippen LogP contribution in [0.4, 0.5) is 4.39 Å². The zero-order chi connectivity index (χ0) is 19.9. The second-order valence-electron chi connectivity index (χ2n) is 8.24. The maximum atomic E-state index is 13.6. The third kappa shape index (κ3) is 3.95. The molecule has 154 valence electrons. The van der Waals surface area contributed by atoms with E-state index in [-0.39, 0.29) is 16.8 Å². The normalized spacial score (nSPS) is 25.3. The summed E-state index contributed by atoms with van der Waals surface area (Å²) in [5.41, 5.74) is 0.546. The van der Waals surface area contributed by atoms with Gasteiger partial charge in [0.25, 0.3) is 0 Å². The molecule has 3 fully saturated rings. The lowest BCUT2D eigenvalue weighted by atomic mass is 10.2. The summed E-state index contributed by atoms with van der Waals surface area (Å²) in [5, 5.41) is 0. The molecule has 4 rings (SSSR count). The maximum absolute atomic E-state index is 13.6. The van der Waals surface area contributed by atoms with Crippen LogP contribution in [0.2, 0.25) is 0 Å². The molecule has 1 saturated carbocycles. The average molecular weight is 410 g/mol. The fourth-order valence-corrected chi connectivity index (χ4v) is 6.02. The van der Waals surface area contributed by atoms with Crippen molar-refractivity contribution < 1.29 is 17.6 Å². The van der Waals surface area contributed by atoms with Gasteiger partial charge in [-0.2, -0.15) is 4.31 Å². The molecular weight excluding hydrogens is 381 g/mol. The number of nitrogens with zero attached hydrogens (tertiary/aromatic N) is 3. The minimum absolute atomic E-state index is 0.0356. The monoisotopic (exact) mass is 409 g/mol. The Kier molecular flexibility index (Phi) is 5.46. The van der Waals surface area contributed by atoms with E-state index < -0.39 is 15.8 Å². The predicted octanol–water partition coefficient (Wildman–Crippen LogP) is 1.84. The molecule has 0 N–H and O–H groups in total. The molecule has 1 aromatic carbocycles. The van der Waals surface area contributed by atoms with Crippen LogP contribution in [0.15, 0.2) is 23.1 Å². The smallest absolute Gasteiger partial charge is 0.243 e. The second-order valence-corrected chi connectivity index (χ2v) is 10.1. The van der Waals surface area contributed by atoms with Crippen molar-refractivity contribution in [3.05, 3.63) is 29.6 Å². The highest BCUT2D eigenvalue weighted by atomic mass is 32.2. The number of likely N-dealkylation sites (tertiary alicyclic amines) is 1. The number of carbonyl (C=O) groups excluding carboxylic acids is 1. The number of benzene rings is 1. The molecule has 28 heavy (non-hydrogen) atoms. The van der Waals surface area contributed by atoms with Crippen molar-refractivity contribution in [2.24, 2.45) is 5.92 Å². The number of rotatable bonds is 5. The van der Waals surface area contributed by atoms with Crippen LogP contribution in [0.3, 0.4) is 0 Å². The van der Waals surface area contributed by atoms with E-state index in [0.29, 0.717) is 44.1 Å². The van der Waals surface area contributed by atoms with Gasteiger partial charge in [-0.15, -0.1) is 0 Å². The van der Waals surface area contributed by atoms with Gasteiger partial charge < -0.3 is 4.90 Å². The molecule has 2 heterocycles. The Morgan fingerprint density at radius 3 is 2.61 bits per heavy atom. The molecule has 8 heteroatoms. The van der Waals surface area contributed by atoms with E-state index in [1.165, 1.54) is 29.3 Å². The summed E-state index contributed by atoms with van der Waals surface area (Å²) in [6.07, 6.45) is 3.94. The standard InChI is InChI=1S/C20H28FN3O3S/c1-15-3-6-17(21)13-19(15)28(26,27)24-9-2-8-22(11-12-24)18-7-10-23(20(18)25)14-16-4-5-16/h3,6,13,16,18H,2,4-5,7-12,14H2,1H3/t18-/m0/s1. The van der Waals surface area contributed by atoms with Crippen molar-refractivity contribution in [2.45, 2.75) is 43.5 Å². The van der Waals surface area contributed by atoms with Crippen LogP contribution in [0, 0.1) is 18.7 Å². The third-order valence-corrected chi connectivity index (χ3v) is 8.18. The topological polar surface area (TPSA) is 60.9 Å². The molecule has 3 aliphatic rings. The Labute approximate surface area is 166 Å². The molecule has 0 bridgehead atoms. The minimum atomic E-state index is -3.75. The number of hydrogen-bond acceptors (Lipinski definition) is 4. The number of halogens is 1. The largest absolute Gasteiger partial charge is 0.341 e. The van der Waals surface area contributed by atoms with Gasteiger partial charge in [0.2, 0.25) is 15.9 Å². The van der Waals surface area contributed by atoms with Crippen LogP contribution >= 0.6 is 0 Å². The Balaban J connectivity index is 1.43. The summed E-state index contributed by atoms with van der Waals surface area (Å²) in [6.45, 7) is 5.32. The highest BCUT2D eigenvalue weighted by Crippen LogP contribution is 2.32. The average Bonchev–Trinajstić information content (AvgIpc) is 3.44. The molecule has 1 amide bonds. The van der Waals surface area contributed by atoms with Gasteiger partial charge in [-0.1, -0.05) is 6.07 Å². The lowest BCUT2D eigenvalue weighted by Gasteiger charge is -2.26. The lowest BCUT2D eigenvalue weighted by molar-refractivity contribution is -0.132. The van der Waals surface area contributed by atoms with E-state index >= 15 is 0 Å². The van der Waals surface area contributed by atoms with E-state index in [1.807, 2.05) is 4.90 Å². The summed E-state index contributed by atoms with van der Waals surface area (Å²) in [7, 11) is -3.75. The number of amides is 1. The van der Waals surface area contributed by atoms with Crippen molar-refractivity contribution in [1.82, 2.24) is 14.1 Å². The fourth-order valence-electron chi connectivity index (χ4n) is 4.31. The van der Waals surface area contributed by atoms with E-state index in [1.54, 1.807) is 6.92 Å². The van der Waals surface area contributed by atoms with Crippen molar-refractivity contribution in [3.8, 4) is 0 Å². The van der Waals surface area contributed by atoms with Crippen LogP contribution in [0.1, 0.15) is 31.2 Å². The summed E-state index contributed by atoms with van der Waals surface area (Å²) < 4.78 is 41.2. The van der Waals surface area contributed by atoms with Gasteiger partial charge in [-0.25, -0.2) is 12.8 Å². The number of hydrogen-bond donors (Lipinski definition) is 0. The zero-order valence-corrected chi connectivity index (χ0v) is 17.1. The molecule has 2 saturated heterocycles. The molecular formula is C20H28FN3O3S. The molecule has 0 unspecified atom stereocenters. The van der Waals surface area contributed by atoms with E-state index in [2.05, 4.69) is 4.90 Å². The van der Waals surface area contributed by atoms with Crippen LogP contribution in [0.5, 0.6) is 0 Å². The highest BCUT2D eigenvalue weighted by Gasteiger charge is 2.39. The fraction of sp³-hybridized carbons (Fsp3) is 0.650. The van der Waals surface area contributed by atoms with Crippen LogP contribution in [-0.2, 0) is 14.8 Å². The molecule has 6 nitrogen and oxygen atoms in total. The molecule has 0 radical (unpaired) electrons. The van der Waals surface area contributed by atoms with E-state index in [0.717, 1.165) is 25.6 Å². The van der Waals surface area contributed by atoms with Crippen molar-refractivity contribution in [3.63, 3.8) is 0 Å². The third-order valence-electron chi connectivity index (χ3n) is 6.14. The number of sulfonamides is 1. The molecule has 0 spiro atoms. The van der Waals surface area contributed by atoms with E-state index in [9.17, 15) is 17.6 Å². The van der Waals surface area contributed by atoms with Crippen LogP contribution in [0.25, 0.3) is 0 Å². The first-order chi connectivity index (χ1) is 13.4. The van der Waals surface area contributed by atoms with Gasteiger partial charge in [0.15, 0.2) is 0 Å². The summed E-state index contributed by atoms with van der Waals surface area (Å²) in [6, 6.07) is 3.75. The summed E-state index contributed by atoms with van der Waals surface area (Å²) >= 11 is 0. The summed E-state index contributed by atoms with van der Waals surface area (Å²) in [5.74, 6) is 0.332. The number of carbonyl (C=O) groups is 1. The summed E-state index contributed by atoms with van der Waals surface area (Å²) in [4.78, 5) is 16.9. The first kappa shape index (κ1) is 19.8. The van der Waals surface area contributed by atoms with Gasteiger partial charge in [0, 0.05) is 39.3 Å². The SMILES string of the molecule is Cc1ccc(F)cc1S(=O)(=O)N1CCCN([C@H]2CCN(CC3CC3)C2=O)CC1. The first-order valence-corrected chi connectivity index (χ1v) is 11.6. The van der Waals surface area contributed by atoms with Crippen LogP contribution in [-0.4, -0.2) is 73.7 Å². The molecule has 1 aromatic rings. The van der Waals surface area contributed by atoms with E-state index in [4.69, 9.17) is 0 Å². The predicted molar refractivity (Wildman–Crippen MR) is 104 cm³/mol. The zero-order valence-electron chi connectivity index (χ0n) is 16.3. The highest BCUT2D eigenvalue weighted by molar-refractivity contribution is 7.89. The quantitative estimate of drug-likeness (QED) is 0.745. The first-order valence-electron chi connectivity index (χ1n) is 10.2. The Hall–Kier alpha value is -1.51. The van der Waals surface area contributed by atoms with Gasteiger partial charge >= 0.3 is 0 Å². The van der Waals surface area contributed by atoms with Gasteiger partial charge in [0.1, 0.15) is 5.82 Å². The molecule has 1 atom stereocenters. The Morgan fingerprint density at radius 1 is 1.07 bits per heavy atom. The van der Waals surface area contributed by atoms with Gasteiger partial charge in [-0.05, 0) is 56.2 Å². The minimum Gasteiger partial charge on any atom is -0.341 e. The second kappa shape index (κ2) is 7.72. The van der Waals surface area contributed by atoms with Gasteiger partial charge in [-0.3, -0.25) is 9.69 Å². The molecule has 2 aliphatic heterocycles. The molecule has 1 aliphatic carbocycles. The van der Waals surface area contributed by atoms with Crippen molar-refractivity contribution >= 4 is 15.9 Å². The lowest BCUT2D eigenvalue weighted by Crippen LogP contribution is -2.44. The maximum Gasteiger partial charge on any atom is 0.243 e.